The van der Waals surface area contributed by atoms with E-state index in [-0.39, 0.29) is 16.3 Å². The molecule has 6 nitrogen and oxygen atoms in total. The number of primary sulfonamides is 1. The first-order chi connectivity index (χ1) is 10.6. The Kier molecular flexibility index (Phi) is 4.90. The fraction of sp³-hybridized carbons (Fsp3) is 0.200. The number of nitrogens with zero attached hydrogens (tertiary/aromatic N) is 1. The second kappa shape index (κ2) is 6.40. The Morgan fingerprint density at radius 1 is 0.957 bits per heavy atom. The van der Waals surface area contributed by atoms with Gasteiger partial charge in [0.2, 0.25) is 20.0 Å². The molecular formula is C15H18N2O4S2. The highest BCUT2D eigenvalue weighted by Crippen LogP contribution is 2.20. The lowest BCUT2D eigenvalue weighted by molar-refractivity contribution is 0.466. The van der Waals surface area contributed by atoms with Gasteiger partial charge in [-0.05, 0) is 36.2 Å². The second-order valence-corrected chi connectivity index (χ2v) is 8.81. The predicted molar refractivity (Wildman–Crippen MR) is 87.6 cm³/mol. The molecule has 0 heterocycles. The molecule has 0 aliphatic heterocycles. The summed E-state index contributed by atoms with van der Waals surface area (Å²) >= 11 is 0. The number of rotatable bonds is 5. The summed E-state index contributed by atoms with van der Waals surface area (Å²) in [5, 5.41) is 5.05. The molecule has 0 amide bonds. The van der Waals surface area contributed by atoms with Crippen LogP contribution in [0.5, 0.6) is 0 Å². The van der Waals surface area contributed by atoms with Gasteiger partial charge >= 0.3 is 0 Å². The summed E-state index contributed by atoms with van der Waals surface area (Å²) in [6.45, 7) is 2.09. The lowest BCUT2D eigenvalue weighted by Gasteiger charge is -2.18. The van der Waals surface area contributed by atoms with Crippen molar-refractivity contribution in [2.75, 3.05) is 7.05 Å². The van der Waals surface area contributed by atoms with Crippen LogP contribution in [0.2, 0.25) is 0 Å². The van der Waals surface area contributed by atoms with Gasteiger partial charge < -0.3 is 0 Å². The van der Waals surface area contributed by atoms with E-state index in [0.29, 0.717) is 0 Å². The highest BCUT2D eigenvalue weighted by atomic mass is 32.2. The topological polar surface area (TPSA) is 97.5 Å². The van der Waals surface area contributed by atoms with Crippen molar-refractivity contribution in [2.45, 2.75) is 23.3 Å². The number of hydrogen-bond acceptors (Lipinski definition) is 4. The van der Waals surface area contributed by atoms with Crippen LogP contribution in [0.15, 0.2) is 58.3 Å². The van der Waals surface area contributed by atoms with E-state index in [4.69, 9.17) is 5.14 Å². The van der Waals surface area contributed by atoms with Crippen molar-refractivity contribution in [3.63, 3.8) is 0 Å². The van der Waals surface area contributed by atoms with E-state index in [1.807, 2.05) is 31.2 Å². The van der Waals surface area contributed by atoms with Crippen LogP contribution < -0.4 is 5.14 Å². The molecule has 0 saturated heterocycles. The highest BCUT2D eigenvalue weighted by Gasteiger charge is 2.23. The lowest BCUT2D eigenvalue weighted by Crippen LogP contribution is -2.27. The first-order valence-corrected chi connectivity index (χ1v) is 9.75. The van der Waals surface area contributed by atoms with E-state index < -0.39 is 20.0 Å². The molecule has 0 aliphatic carbocycles. The van der Waals surface area contributed by atoms with Crippen LogP contribution in [0.4, 0.5) is 0 Å². The molecule has 2 aromatic carbocycles. The third kappa shape index (κ3) is 3.97. The Labute approximate surface area is 136 Å². The zero-order chi connectivity index (χ0) is 17.3. The maximum atomic E-state index is 12.6. The van der Waals surface area contributed by atoms with Gasteiger partial charge in [-0.15, -0.1) is 0 Å². The van der Waals surface area contributed by atoms with Crippen LogP contribution in [-0.2, 0) is 26.6 Å². The SMILES string of the molecule is Cc1ccccc1CN(C)S(=O)(=O)c1cccc(S(N)(=O)=O)c1. The number of aryl methyl sites for hydroxylation is 1. The minimum atomic E-state index is -3.96. The molecule has 0 bridgehead atoms. The van der Waals surface area contributed by atoms with Gasteiger partial charge in [-0.2, -0.15) is 4.31 Å². The lowest BCUT2D eigenvalue weighted by atomic mass is 10.1. The smallest absolute Gasteiger partial charge is 0.225 e. The van der Waals surface area contributed by atoms with Crippen molar-refractivity contribution in [3.05, 3.63) is 59.7 Å². The molecule has 0 atom stereocenters. The molecular weight excluding hydrogens is 336 g/mol. The third-order valence-electron chi connectivity index (χ3n) is 3.50. The summed E-state index contributed by atoms with van der Waals surface area (Å²) in [4.78, 5) is -0.344. The molecule has 2 N–H and O–H groups in total. The van der Waals surface area contributed by atoms with Crippen LogP contribution in [0, 0.1) is 6.92 Å². The Morgan fingerprint density at radius 2 is 1.57 bits per heavy atom. The molecule has 2 rings (SSSR count). The molecule has 124 valence electrons. The summed E-state index contributed by atoms with van der Waals surface area (Å²) in [7, 11) is -6.33. The standard InChI is InChI=1S/C15H18N2O4S2/c1-12-6-3-4-7-13(12)11-17(2)23(20,21)15-9-5-8-14(10-15)22(16,18)19/h3-10H,11H2,1-2H3,(H2,16,18,19). The third-order valence-corrected chi connectivity index (χ3v) is 6.21. The Balaban J connectivity index is 2.37. The normalized spacial score (nSPS) is 12.5. The summed E-state index contributed by atoms with van der Waals surface area (Å²) in [6.07, 6.45) is 0. The van der Waals surface area contributed by atoms with Crippen molar-refractivity contribution in [1.82, 2.24) is 4.31 Å². The van der Waals surface area contributed by atoms with Crippen LogP contribution in [0.3, 0.4) is 0 Å². The van der Waals surface area contributed by atoms with E-state index in [9.17, 15) is 16.8 Å². The van der Waals surface area contributed by atoms with Gasteiger partial charge in [0.1, 0.15) is 0 Å². The molecule has 0 aliphatic rings. The fourth-order valence-electron chi connectivity index (χ4n) is 2.10. The zero-order valence-corrected chi connectivity index (χ0v) is 14.4. The molecule has 0 spiro atoms. The molecule has 0 saturated carbocycles. The molecule has 0 aromatic heterocycles. The minimum Gasteiger partial charge on any atom is -0.225 e. The van der Waals surface area contributed by atoms with Gasteiger partial charge in [0.25, 0.3) is 0 Å². The number of hydrogen-bond donors (Lipinski definition) is 1. The minimum absolute atomic E-state index is 0.111. The number of benzene rings is 2. The number of sulfonamides is 2. The molecule has 0 unspecified atom stereocenters. The van der Waals surface area contributed by atoms with Crippen LogP contribution in [0.25, 0.3) is 0 Å². The molecule has 0 fully saturated rings. The van der Waals surface area contributed by atoms with E-state index >= 15 is 0 Å². The molecule has 8 heteroatoms. The van der Waals surface area contributed by atoms with E-state index in [1.165, 1.54) is 29.6 Å². The van der Waals surface area contributed by atoms with Gasteiger partial charge in [-0.3, -0.25) is 0 Å². The number of nitrogens with two attached hydrogens (primary N) is 1. The van der Waals surface area contributed by atoms with Crippen molar-refractivity contribution in [2.24, 2.45) is 5.14 Å². The second-order valence-electron chi connectivity index (χ2n) is 5.21. The van der Waals surface area contributed by atoms with Gasteiger partial charge in [0, 0.05) is 13.6 Å². The van der Waals surface area contributed by atoms with Crippen LogP contribution in [0.1, 0.15) is 11.1 Å². The van der Waals surface area contributed by atoms with Gasteiger partial charge in [0.05, 0.1) is 9.79 Å². The molecule has 0 radical (unpaired) electrons. The van der Waals surface area contributed by atoms with Crippen molar-refractivity contribution in [3.8, 4) is 0 Å². The van der Waals surface area contributed by atoms with Gasteiger partial charge in [0.15, 0.2) is 0 Å². The average Bonchev–Trinajstić information content (AvgIpc) is 2.48. The van der Waals surface area contributed by atoms with Gasteiger partial charge in [-0.25, -0.2) is 22.0 Å². The van der Waals surface area contributed by atoms with E-state index in [1.54, 1.807) is 0 Å². The van der Waals surface area contributed by atoms with E-state index in [0.717, 1.165) is 17.2 Å². The average molecular weight is 354 g/mol. The monoisotopic (exact) mass is 354 g/mol. The molecule has 23 heavy (non-hydrogen) atoms. The largest absolute Gasteiger partial charge is 0.243 e. The van der Waals surface area contributed by atoms with Crippen molar-refractivity contribution < 1.29 is 16.8 Å². The van der Waals surface area contributed by atoms with Gasteiger partial charge in [-0.1, -0.05) is 30.3 Å². The van der Waals surface area contributed by atoms with E-state index in [2.05, 4.69) is 0 Å². The Morgan fingerprint density at radius 3 is 2.17 bits per heavy atom. The summed E-state index contributed by atoms with van der Waals surface area (Å²) in [5.74, 6) is 0. The molecule has 2 aromatic rings. The Bertz CT molecular complexity index is 922. The van der Waals surface area contributed by atoms with Crippen LogP contribution >= 0.6 is 0 Å². The van der Waals surface area contributed by atoms with Crippen molar-refractivity contribution >= 4 is 20.0 Å². The fourth-order valence-corrected chi connectivity index (χ4v) is 3.93. The highest BCUT2D eigenvalue weighted by molar-refractivity contribution is 7.90. The van der Waals surface area contributed by atoms with Crippen LogP contribution in [-0.4, -0.2) is 28.2 Å². The summed E-state index contributed by atoms with van der Waals surface area (Å²) in [6, 6.07) is 12.5. The first-order valence-electron chi connectivity index (χ1n) is 6.76. The maximum Gasteiger partial charge on any atom is 0.243 e. The summed E-state index contributed by atoms with van der Waals surface area (Å²) < 4.78 is 49.2. The van der Waals surface area contributed by atoms with Crippen molar-refractivity contribution in [1.29, 1.82) is 0 Å². The predicted octanol–water partition coefficient (Wildman–Crippen LogP) is 1.46. The zero-order valence-electron chi connectivity index (χ0n) is 12.8. The Hall–Kier alpha value is -1.74. The quantitative estimate of drug-likeness (QED) is 0.879. The first kappa shape index (κ1) is 17.6. The maximum absolute atomic E-state index is 12.6. The summed E-state index contributed by atoms with van der Waals surface area (Å²) in [5.41, 5.74) is 1.86.